The molecule has 29 heavy (non-hydrogen) atoms. The van der Waals surface area contributed by atoms with E-state index in [1.807, 2.05) is 6.92 Å². The Bertz CT molecular complexity index is 967. The number of anilines is 1. The Morgan fingerprint density at radius 2 is 1.83 bits per heavy atom. The highest BCUT2D eigenvalue weighted by Gasteiger charge is 2.17. The first-order chi connectivity index (χ1) is 13.9. The van der Waals surface area contributed by atoms with Gasteiger partial charge >= 0.3 is 11.9 Å². The number of carbonyl (C=O) groups excluding carboxylic acids is 3. The zero-order valence-corrected chi connectivity index (χ0v) is 16.6. The molecule has 1 heterocycles. The standard InChI is InChI=1S/C20H23N3O6/c1-4-5-6-14-10-18(25)23(12-21-14)11-17(24)22-16-9-13(19(26)28-2)7-8-15(16)20(27)29-3/h7-10,12H,4-6,11H2,1-3H3,(H,22,24). The van der Waals surface area contributed by atoms with E-state index in [0.717, 1.165) is 17.4 Å². The molecule has 1 aromatic heterocycles. The van der Waals surface area contributed by atoms with Gasteiger partial charge < -0.3 is 14.8 Å². The molecule has 0 unspecified atom stereocenters. The Labute approximate surface area is 167 Å². The number of nitrogens with zero attached hydrogens (tertiary/aromatic N) is 2. The SMILES string of the molecule is CCCCc1cc(=O)n(CC(=O)Nc2cc(C(=O)OC)ccc2C(=O)OC)cn1. The number of esters is 2. The third kappa shape index (κ3) is 5.74. The van der Waals surface area contributed by atoms with Crippen molar-refractivity contribution in [3.05, 3.63) is 57.8 Å². The summed E-state index contributed by atoms with van der Waals surface area (Å²) in [5.74, 6) is -1.88. The molecule has 1 N–H and O–H groups in total. The van der Waals surface area contributed by atoms with E-state index in [-0.39, 0.29) is 28.9 Å². The van der Waals surface area contributed by atoms with Crippen LogP contribution >= 0.6 is 0 Å². The van der Waals surface area contributed by atoms with Gasteiger partial charge in [0.25, 0.3) is 5.56 Å². The second kappa shape index (κ2) is 10.2. The van der Waals surface area contributed by atoms with Crippen molar-refractivity contribution in [1.82, 2.24) is 9.55 Å². The summed E-state index contributed by atoms with van der Waals surface area (Å²) in [7, 11) is 2.42. The number of hydrogen-bond donors (Lipinski definition) is 1. The maximum absolute atomic E-state index is 12.4. The van der Waals surface area contributed by atoms with Crippen molar-refractivity contribution in [3.8, 4) is 0 Å². The first kappa shape index (κ1) is 21.8. The molecular formula is C20H23N3O6. The van der Waals surface area contributed by atoms with Crippen molar-refractivity contribution >= 4 is 23.5 Å². The third-order valence-electron chi connectivity index (χ3n) is 4.16. The van der Waals surface area contributed by atoms with Gasteiger partial charge in [-0.05, 0) is 31.0 Å². The Morgan fingerprint density at radius 3 is 2.45 bits per heavy atom. The number of carbonyl (C=O) groups is 3. The van der Waals surface area contributed by atoms with Crippen LogP contribution in [-0.4, -0.2) is 41.6 Å². The van der Waals surface area contributed by atoms with Crippen LogP contribution < -0.4 is 10.9 Å². The zero-order valence-electron chi connectivity index (χ0n) is 16.6. The molecule has 0 atom stereocenters. The number of aromatic nitrogens is 2. The summed E-state index contributed by atoms with van der Waals surface area (Å²) in [4.78, 5) is 52.5. The van der Waals surface area contributed by atoms with E-state index >= 15 is 0 Å². The van der Waals surface area contributed by atoms with E-state index < -0.39 is 17.8 Å². The first-order valence-electron chi connectivity index (χ1n) is 9.05. The maximum atomic E-state index is 12.4. The Hall–Kier alpha value is -3.49. The van der Waals surface area contributed by atoms with E-state index in [4.69, 9.17) is 4.74 Å². The fourth-order valence-corrected chi connectivity index (χ4v) is 2.60. The van der Waals surface area contributed by atoms with Gasteiger partial charge in [-0.3, -0.25) is 14.2 Å². The van der Waals surface area contributed by atoms with Gasteiger partial charge in [0.15, 0.2) is 0 Å². The second-order valence-corrected chi connectivity index (χ2v) is 6.24. The van der Waals surface area contributed by atoms with Gasteiger partial charge in [0.05, 0.1) is 37.4 Å². The van der Waals surface area contributed by atoms with Gasteiger partial charge in [-0.2, -0.15) is 0 Å². The van der Waals surface area contributed by atoms with E-state index in [0.29, 0.717) is 12.1 Å². The lowest BCUT2D eigenvalue weighted by atomic mass is 10.1. The molecule has 0 bridgehead atoms. The highest BCUT2D eigenvalue weighted by atomic mass is 16.5. The molecule has 0 aliphatic heterocycles. The Morgan fingerprint density at radius 1 is 1.10 bits per heavy atom. The van der Waals surface area contributed by atoms with Gasteiger partial charge in [-0.15, -0.1) is 0 Å². The average molecular weight is 401 g/mol. The molecular weight excluding hydrogens is 378 g/mol. The molecule has 0 radical (unpaired) electrons. The Balaban J connectivity index is 2.22. The number of aryl methyl sites for hydroxylation is 1. The summed E-state index contributed by atoms with van der Waals surface area (Å²) in [6.45, 7) is 1.74. The minimum atomic E-state index is -0.684. The molecule has 9 nitrogen and oxygen atoms in total. The number of benzene rings is 1. The topological polar surface area (TPSA) is 117 Å². The Kier molecular flexibility index (Phi) is 7.64. The predicted octanol–water partition coefficient (Wildman–Crippen LogP) is 1.80. The number of nitrogens with one attached hydrogen (secondary N) is 1. The van der Waals surface area contributed by atoms with E-state index in [9.17, 15) is 19.2 Å². The van der Waals surface area contributed by atoms with Crippen LogP contribution in [-0.2, 0) is 27.2 Å². The molecule has 2 rings (SSSR count). The van der Waals surface area contributed by atoms with Gasteiger partial charge in [0, 0.05) is 11.8 Å². The number of hydrogen-bond acceptors (Lipinski definition) is 7. The van der Waals surface area contributed by atoms with Crippen LogP contribution in [0.15, 0.2) is 35.4 Å². The fraction of sp³-hybridized carbons (Fsp3) is 0.350. The number of ether oxygens (including phenoxy) is 2. The number of methoxy groups -OCH3 is 2. The van der Waals surface area contributed by atoms with Crippen LogP contribution in [0.1, 0.15) is 46.2 Å². The largest absolute Gasteiger partial charge is 0.465 e. The fourth-order valence-electron chi connectivity index (χ4n) is 2.60. The lowest BCUT2D eigenvalue weighted by molar-refractivity contribution is -0.116. The van der Waals surface area contributed by atoms with Crippen LogP contribution in [0, 0.1) is 0 Å². The molecule has 0 fully saturated rings. The summed E-state index contributed by atoms with van der Waals surface area (Å²) < 4.78 is 10.5. The summed E-state index contributed by atoms with van der Waals surface area (Å²) in [6, 6.07) is 5.45. The smallest absolute Gasteiger partial charge is 0.339 e. The third-order valence-corrected chi connectivity index (χ3v) is 4.16. The second-order valence-electron chi connectivity index (χ2n) is 6.24. The molecule has 0 saturated carbocycles. The highest BCUT2D eigenvalue weighted by molar-refractivity contribution is 6.03. The van der Waals surface area contributed by atoms with Crippen molar-refractivity contribution in [2.45, 2.75) is 32.7 Å². The number of rotatable bonds is 8. The van der Waals surface area contributed by atoms with E-state index in [1.54, 1.807) is 0 Å². The van der Waals surface area contributed by atoms with Crippen molar-refractivity contribution < 1.29 is 23.9 Å². The van der Waals surface area contributed by atoms with Crippen molar-refractivity contribution in [3.63, 3.8) is 0 Å². The molecule has 9 heteroatoms. The van der Waals surface area contributed by atoms with Crippen molar-refractivity contribution in [2.24, 2.45) is 0 Å². The van der Waals surface area contributed by atoms with Gasteiger partial charge in [-0.1, -0.05) is 13.3 Å². The van der Waals surface area contributed by atoms with Crippen LogP contribution in [0.3, 0.4) is 0 Å². The normalized spacial score (nSPS) is 10.3. The molecule has 0 saturated heterocycles. The summed E-state index contributed by atoms with van der Waals surface area (Å²) in [5.41, 5.74) is 0.610. The quantitative estimate of drug-likeness (QED) is 0.670. The van der Waals surface area contributed by atoms with E-state index in [1.165, 1.54) is 44.8 Å². The van der Waals surface area contributed by atoms with Gasteiger partial charge in [0.2, 0.25) is 5.91 Å². The number of amides is 1. The maximum Gasteiger partial charge on any atom is 0.339 e. The zero-order chi connectivity index (χ0) is 21.4. The predicted molar refractivity (Wildman–Crippen MR) is 105 cm³/mol. The van der Waals surface area contributed by atoms with Gasteiger partial charge in [0.1, 0.15) is 6.54 Å². The van der Waals surface area contributed by atoms with Crippen molar-refractivity contribution in [1.29, 1.82) is 0 Å². The first-order valence-corrected chi connectivity index (χ1v) is 9.05. The van der Waals surface area contributed by atoms with Crippen LogP contribution in [0.2, 0.25) is 0 Å². The van der Waals surface area contributed by atoms with Gasteiger partial charge in [-0.25, -0.2) is 14.6 Å². The molecule has 2 aromatic rings. The molecule has 1 aromatic carbocycles. The summed E-state index contributed by atoms with van der Waals surface area (Å²) in [5, 5.41) is 2.53. The lowest BCUT2D eigenvalue weighted by Crippen LogP contribution is -2.28. The van der Waals surface area contributed by atoms with E-state index in [2.05, 4.69) is 15.0 Å². The highest BCUT2D eigenvalue weighted by Crippen LogP contribution is 2.20. The van der Waals surface area contributed by atoms with Crippen LogP contribution in [0.5, 0.6) is 0 Å². The minimum absolute atomic E-state index is 0.0638. The number of unbranched alkanes of at least 4 members (excludes halogenated alkanes) is 1. The van der Waals surface area contributed by atoms with Crippen molar-refractivity contribution in [2.75, 3.05) is 19.5 Å². The minimum Gasteiger partial charge on any atom is -0.465 e. The molecule has 0 aliphatic rings. The van der Waals surface area contributed by atoms with Crippen LogP contribution in [0.4, 0.5) is 5.69 Å². The van der Waals surface area contributed by atoms with Crippen LogP contribution in [0.25, 0.3) is 0 Å². The summed E-state index contributed by atoms with van der Waals surface area (Å²) in [6.07, 6.45) is 3.92. The monoisotopic (exact) mass is 401 g/mol. The average Bonchev–Trinajstić information content (AvgIpc) is 2.72. The molecule has 0 aliphatic carbocycles. The summed E-state index contributed by atoms with van der Waals surface area (Å²) >= 11 is 0. The lowest BCUT2D eigenvalue weighted by Gasteiger charge is -2.12. The molecule has 0 spiro atoms. The molecule has 1 amide bonds. The molecule has 154 valence electrons.